The second kappa shape index (κ2) is 10.2. The zero-order chi connectivity index (χ0) is 22.3. The van der Waals surface area contributed by atoms with Gasteiger partial charge in [0.2, 0.25) is 5.91 Å². The van der Waals surface area contributed by atoms with E-state index in [9.17, 15) is 18.0 Å². The van der Waals surface area contributed by atoms with Crippen LogP contribution in [0, 0.1) is 0 Å². The third kappa shape index (κ3) is 6.11. The Morgan fingerprint density at radius 1 is 1.13 bits per heavy atom. The molecule has 6 nitrogen and oxygen atoms in total. The average molecular weight is 448 g/mol. The van der Waals surface area contributed by atoms with E-state index < -0.39 is 17.6 Å². The quantitative estimate of drug-likeness (QED) is 0.377. The fourth-order valence-corrected chi connectivity index (χ4v) is 3.43. The minimum absolute atomic E-state index is 0.138. The molecule has 0 saturated heterocycles. The van der Waals surface area contributed by atoms with Crippen molar-refractivity contribution in [3.8, 4) is 5.75 Å². The summed E-state index contributed by atoms with van der Waals surface area (Å²) >= 11 is 1.06. The summed E-state index contributed by atoms with van der Waals surface area (Å²) in [6.07, 6.45) is -2.91. The Kier molecular flexibility index (Phi) is 7.35. The number of benzene rings is 2. The first-order chi connectivity index (χ1) is 14.9. The number of amides is 1. The molecule has 0 saturated carbocycles. The molecule has 0 aliphatic rings. The number of carbonyl (C=O) groups is 1. The van der Waals surface area contributed by atoms with Gasteiger partial charge in [0.25, 0.3) is 0 Å². The van der Waals surface area contributed by atoms with Crippen molar-refractivity contribution < 1.29 is 22.7 Å². The molecule has 0 unspecified atom stereocenters. The Morgan fingerprint density at radius 3 is 2.55 bits per heavy atom. The molecule has 0 radical (unpaired) electrons. The highest BCUT2D eigenvalue weighted by Crippen LogP contribution is 2.34. The van der Waals surface area contributed by atoms with Gasteiger partial charge in [-0.1, -0.05) is 48.2 Å². The number of hydrogen-bond donors (Lipinski definition) is 1. The van der Waals surface area contributed by atoms with E-state index in [1.807, 2.05) is 30.3 Å². The standard InChI is InChI=1S/C21H19F3N4O2S/c1-2-12-28-18(13-30-15-8-4-3-5-9-15)26-27-20(28)31-14-19(29)25-17-11-7-6-10-16(17)21(22,23)24/h2-11H,1,12-14H2,(H,25,29). The number of thioether (sulfide) groups is 1. The topological polar surface area (TPSA) is 69.0 Å². The van der Waals surface area contributed by atoms with E-state index in [2.05, 4.69) is 22.1 Å². The van der Waals surface area contributed by atoms with Crippen LogP contribution in [0.3, 0.4) is 0 Å². The van der Waals surface area contributed by atoms with E-state index in [1.54, 1.807) is 10.6 Å². The highest BCUT2D eigenvalue weighted by atomic mass is 32.2. The predicted octanol–water partition coefficient (Wildman–Crippen LogP) is 4.79. The molecule has 1 N–H and O–H groups in total. The third-order valence-electron chi connectivity index (χ3n) is 4.06. The van der Waals surface area contributed by atoms with Gasteiger partial charge in [-0.05, 0) is 24.3 Å². The number of halogens is 3. The second-order valence-corrected chi connectivity index (χ2v) is 7.22. The number of anilines is 1. The van der Waals surface area contributed by atoms with Crippen molar-refractivity contribution in [3.05, 3.63) is 78.6 Å². The molecule has 0 aliphatic heterocycles. The molecule has 3 rings (SSSR count). The first-order valence-corrected chi connectivity index (χ1v) is 10.2. The zero-order valence-corrected chi connectivity index (χ0v) is 17.1. The van der Waals surface area contributed by atoms with Crippen molar-refractivity contribution in [2.24, 2.45) is 0 Å². The van der Waals surface area contributed by atoms with Crippen molar-refractivity contribution >= 4 is 23.4 Å². The normalized spacial score (nSPS) is 11.2. The van der Waals surface area contributed by atoms with E-state index in [0.717, 1.165) is 17.8 Å². The Labute approximate surface area is 181 Å². The molecule has 1 amide bonds. The van der Waals surface area contributed by atoms with Crippen LogP contribution in [0.25, 0.3) is 0 Å². The average Bonchev–Trinajstić information content (AvgIpc) is 3.13. The number of carbonyl (C=O) groups excluding carboxylic acids is 1. The summed E-state index contributed by atoms with van der Waals surface area (Å²) in [7, 11) is 0. The van der Waals surface area contributed by atoms with Gasteiger partial charge in [0.15, 0.2) is 11.0 Å². The lowest BCUT2D eigenvalue weighted by Gasteiger charge is -2.13. The van der Waals surface area contributed by atoms with Gasteiger partial charge in [0.1, 0.15) is 12.4 Å². The highest BCUT2D eigenvalue weighted by Gasteiger charge is 2.33. The predicted molar refractivity (Wildman–Crippen MR) is 112 cm³/mol. The summed E-state index contributed by atoms with van der Waals surface area (Å²) in [6.45, 7) is 4.26. The largest absolute Gasteiger partial charge is 0.486 e. The molecule has 1 heterocycles. The van der Waals surface area contributed by atoms with Crippen LogP contribution in [0.4, 0.5) is 18.9 Å². The van der Waals surface area contributed by atoms with Gasteiger partial charge in [-0.3, -0.25) is 9.36 Å². The highest BCUT2D eigenvalue weighted by molar-refractivity contribution is 7.99. The number of alkyl halides is 3. The third-order valence-corrected chi connectivity index (χ3v) is 5.02. The lowest BCUT2D eigenvalue weighted by atomic mass is 10.1. The van der Waals surface area contributed by atoms with Crippen LogP contribution in [0.1, 0.15) is 11.4 Å². The number of ether oxygens (including phenoxy) is 1. The van der Waals surface area contributed by atoms with E-state index in [1.165, 1.54) is 18.2 Å². The molecular formula is C21H19F3N4O2S. The zero-order valence-electron chi connectivity index (χ0n) is 16.3. The first kappa shape index (κ1) is 22.4. The van der Waals surface area contributed by atoms with Crippen LogP contribution >= 0.6 is 11.8 Å². The Bertz CT molecular complexity index is 1040. The SMILES string of the molecule is C=CCn1c(COc2ccccc2)nnc1SCC(=O)Nc1ccccc1C(F)(F)F. The summed E-state index contributed by atoms with van der Waals surface area (Å²) in [5.74, 6) is 0.486. The van der Waals surface area contributed by atoms with Crippen molar-refractivity contribution in [1.29, 1.82) is 0 Å². The summed E-state index contributed by atoms with van der Waals surface area (Å²) in [5, 5.41) is 10.9. The molecule has 3 aromatic rings. The molecule has 0 atom stereocenters. The maximum Gasteiger partial charge on any atom is 0.418 e. The number of hydrogen-bond acceptors (Lipinski definition) is 5. The van der Waals surface area contributed by atoms with E-state index in [0.29, 0.717) is 23.3 Å². The van der Waals surface area contributed by atoms with Gasteiger partial charge in [-0.25, -0.2) is 0 Å². The molecule has 31 heavy (non-hydrogen) atoms. The summed E-state index contributed by atoms with van der Waals surface area (Å²) in [5.41, 5.74) is -1.19. The first-order valence-electron chi connectivity index (χ1n) is 9.18. The van der Waals surface area contributed by atoms with Gasteiger partial charge in [0, 0.05) is 6.54 Å². The van der Waals surface area contributed by atoms with Crippen molar-refractivity contribution in [3.63, 3.8) is 0 Å². The molecule has 0 spiro atoms. The van der Waals surface area contributed by atoms with Crippen LogP contribution in [-0.2, 0) is 24.1 Å². The fraction of sp³-hybridized carbons (Fsp3) is 0.190. The number of nitrogens with zero attached hydrogens (tertiary/aromatic N) is 3. The maximum atomic E-state index is 13.1. The van der Waals surface area contributed by atoms with E-state index >= 15 is 0 Å². The minimum Gasteiger partial charge on any atom is -0.486 e. The maximum absolute atomic E-state index is 13.1. The molecule has 0 bridgehead atoms. The smallest absolute Gasteiger partial charge is 0.418 e. The lowest BCUT2D eigenvalue weighted by Crippen LogP contribution is -2.18. The van der Waals surface area contributed by atoms with Gasteiger partial charge in [-0.2, -0.15) is 13.2 Å². The van der Waals surface area contributed by atoms with Gasteiger partial charge < -0.3 is 10.1 Å². The van der Waals surface area contributed by atoms with Crippen molar-refractivity contribution in [1.82, 2.24) is 14.8 Å². The molecular weight excluding hydrogens is 429 g/mol. The van der Waals surface area contributed by atoms with Crippen LogP contribution in [0.2, 0.25) is 0 Å². The number of allylic oxidation sites excluding steroid dienone is 1. The van der Waals surface area contributed by atoms with Gasteiger partial charge in [-0.15, -0.1) is 16.8 Å². The number of nitrogens with one attached hydrogen (secondary N) is 1. The Hall–Kier alpha value is -3.27. The van der Waals surface area contributed by atoms with Crippen molar-refractivity contribution in [2.75, 3.05) is 11.1 Å². The monoisotopic (exact) mass is 448 g/mol. The summed E-state index contributed by atoms with van der Waals surface area (Å²) in [4.78, 5) is 12.3. The Balaban J connectivity index is 1.64. The molecule has 0 fully saturated rings. The van der Waals surface area contributed by atoms with Crippen LogP contribution in [0.15, 0.2) is 72.4 Å². The number of aromatic nitrogens is 3. The summed E-state index contributed by atoms with van der Waals surface area (Å²) in [6, 6.07) is 14.0. The molecule has 10 heteroatoms. The minimum atomic E-state index is -4.56. The van der Waals surface area contributed by atoms with E-state index in [4.69, 9.17) is 4.74 Å². The molecule has 0 aliphatic carbocycles. The van der Waals surface area contributed by atoms with Crippen LogP contribution in [-0.4, -0.2) is 26.4 Å². The van der Waals surface area contributed by atoms with Gasteiger partial charge in [0.05, 0.1) is 17.0 Å². The van der Waals surface area contributed by atoms with Crippen LogP contribution < -0.4 is 10.1 Å². The number of rotatable bonds is 9. The Morgan fingerprint density at radius 2 is 1.84 bits per heavy atom. The molecule has 162 valence electrons. The second-order valence-electron chi connectivity index (χ2n) is 6.28. The lowest BCUT2D eigenvalue weighted by molar-refractivity contribution is -0.137. The van der Waals surface area contributed by atoms with Crippen LogP contribution in [0.5, 0.6) is 5.75 Å². The fourth-order valence-electron chi connectivity index (χ4n) is 2.67. The molecule has 2 aromatic carbocycles. The summed E-state index contributed by atoms with van der Waals surface area (Å²) < 4.78 is 46.7. The number of para-hydroxylation sites is 2. The van der Waals surface area contributed by atoms with Crippen molar-refractivity contribution in [2.45, 2.75) is 24.5 Å². The van der Waals surface area contributed by atoms with Gasteiger partial charge >= 0.3 is 6.18 Å². The molecule has 1 aromatic heterocycles. The van der Waals surface area contributed by atoms with E-state index in [-0.39, 0.29) is 18.0 Å².